The van der Waals surface area contributed by atoms with Gasteiger partial charge in [0.25, 0.3) is 0 Å². The van der Waals surface area contributed by atoms with Gasteiger partial charge in [-0.15, -0.1) is 0 Å². The first kappa shape index (κ1) is 75.5. The predicted octanol–water partition coefficient (Wildman–Crippen LogP) is 0.367. The van der Waals surface area contributed by atoms with Crippen molar-refractivity contribution in [3.05, 3.63) is 117 Å². The van der Waals surface area contributed by atoms with E-state index in [1.165, 1.54) is 19.2 Å². The lowest BCUT2D eigenvalue weighted by Gasteiger charge is -2.48. The smallest absolute Gasteiger partial charge is 0.330 e. The number of carboxylic acid groups (broad SMARTS) is 1. The van der Waals surface area contributed by atoms with E-state index in [0.717, 1.165) is 66.7 Å². The standard InChI is InChI=1S/C67H77Cl2N9O24/c1-24(2)13-35(71-5)59(89)77-50-52(84)27-8-11-39(33(68)15-27)98-41-17-29-18-42(56(41)102-66-57(55(87)54(86)43(23-79)100-66)101-45-22-67(4,72-6)58(88)25(3)97-45)99-40-12-9-28(16-34(40)69)53(85)51-64(94)76-49(65(95)96)32-19-30(80)20-38(82)46(32)31-14-26(7-10-37(31)81)47(61(91)78-51)75-62(92)48(29)74-60(90)36(21-44(70)83)73-63(50)93/h7-12,14-20,24-25,35-36,43,45,47-55,57-58,66,71-72,79-82,84-88H,13,21-23H2,1-6H3,(H2,70,83)(H,73,93)(H,74,90)(H,75,92)(H,76,94)(H,77,89)(H,78,91)(H,95,96)/t25?,35-,36+,43?,45?,47-,48-,49+,50-,51+,52-,53-,54?,55?,57?,58?,66?,67?/m1/s1. The number of amides is 7. The van der Waals surface area contributed by atoms with E-state index in [1.54, 1.807) is 20.9 Å². The summed E-state index contributed by atoms with van der Waals surface area (Å²) in [5, 5.41) is 134. The molecule has 11 bridgehead atoms. The molecular weight excluding hydrogens is 1390 g/mol. The first-order chi connectivity index (χ1) is 48.2. The highest BCUT2D eigenvalue weighted by atomic mass is 35.5. The second-order valence-corrected chi connectivity index (χ2v) is 26.7. The Hall–Kier alpha value is -9.20. The quantitative estimate of drug-likeness (QED) is 0.0714. The van der Waals surface area contributed by atoms with Gasteiger partial charge < -0.3 is 128 Å². The molecule has 548 valence electrons. The number of likely N-dealkylation sites (N-methyl/N-ethyl adjacent to an activating group) is 2. The number of primary amides is 1. The number of nitrogens with two attached hydrogens (primary N) is 1. The molecule has 7 aliphatic heterocycles. The Balaban J connectivity index is 1.24. The zero-order valence-electron chi connectivity index (χ0n) is 55.2. The molecule has 2 fully saturated rings. The highest BCUT2D eigenvalue weighted by Crippen LogP contribution is 2.50. The third-order valence-corrected chi connectivity index (χ3v) is 18.9. The van der Waals surface area contributed by atoms with Gasteiger partial charge in [-0.2, -0.15) is 0 Å². The maximum atomic E-state index is 16.0. The number of aromatic hydroxyl groups is 3. The van der Waals surface area contributed by atoms with Crippen LogP contribution in [0.4, 0.5) is 0 Å². The number of fused-ring (bicyclic) bond motifs is 15. The number of phenolic OH excluding ortho intramolecular Hbond substituents is 3. The number of benzene rings is 5. The Labute approximate surface area is 590 Å². The Morgan fingerprint density at radius 2 is 1.31 bits per heavy atom. The number of carboxylic acids is 1. The number of carbonyl (C=O) groups is 8. The van der Waals surface area contributed by atoms with Gasteiger partial charge in [0, 0.05) is 34.7 Å². The minimum absolute atomic E-state index is 0.0957. The first-order valence-electron chi connectivity index (χ1n) is 32.1. The molecule has 12 rings (SSSR count). The lowest BCUT2D eigenvalue weighted by Crippen LogP contribution is -2.65. The molecule has 35 heteroatoms. The van der Waals surface area contributed by atoms with Gasteiger partial charge in [-0.05, 0) is 117 Å². The number of aliphatic carboxylic acids is 1. The van der Waals surface area contributed by atoms with Crippen molar-refractivity contribution in [3.8, 4) is 57.1 Å². The van der Waals surface area contributed by atoms with E-state index in [0.29, 0.717) is 0 Å². The molecule has 7 aliphatic rings. The number of ether oxygens (including phenoxy) is 6. The Morgan fingerprint density at radius 3 is 1.90 bits per heavy atom. The number of nitrogens with one attached hydrogen (secondary N) is 8. The van der Waals surface area contributed by atoms with Crippen molar-refractivity contribution in [1.29, 1.82) is 0 Å². The van der Waals surface area contributed by atoms with Gasteiger partial charge >= 0.3 is 5.97 Å². The molecule has 0 spiro atoms. The van der Waals surface area contributed by atoms with Crippen molar-refractivity contribution in [2.45, 2.75) is 156 Å². The van der Waals surface area contributed by atoms with Crippen LogP contribution in [0.1, 0.15) is 105 Å². The molecule has 0 aliphatic carbocycles. The molecule has 5 aromatic rings. The van der Waals surface area contributed by atoms with E-state index in [1.807, 2.05) is 13.8 Å². The first-order valence-corrected chi connectivity index (χ1v) is 32.8. The molecule has 102 heavy (non-hydrogen) atoms. The normalized spacial score (nSPS) is 29.3. The third-order valence-electron chi connectivity index (χ3n) is 18.3. The monoisotopic (exact) mass is 1460 g/mol. The van der Waals surface area contributed by atoms with Crippen LogP contribution in [0.15, 0.2) is 78.9 Å². The van der Waals surface area contributed by atoms with Gasteiger partial charge in [0.2, 0.25) is 53.4 Å². The maximum absolute atomic E-state index is 16.0. The van der Waals surface area contributed by atoms with Crippen LogP contribution in [0.2, 0.25) is 10.0 Å². The minimum Gasteiger partial charge on any atom is -0.508 e. The summed E-state index contributed by atoms with van der Waals surface area (Å²) in [5.74, 6) is -15.9. The Kier molecular flexibility index (Phi) is 22.8. The van der Waals surface area contributed by atoms with Crippen molar-refractivity contribution in [2.75, 3.05) is 20.7 Å². The zero-order valence-corrected chi connectivity index (χ0v) is 56.8. The van der Waals surface area contributed by atoms with Crippen LogP contribution in [0, 0.1) is 5.92 Å². The lowest BCUT2D eigenvalue weighted by molar-refractivity contribution is -0.334. The summed E-state index contributed by atoms with van der Waals surface area (Å²) in [6, 6.07) is -0.563. The SMILES string of the molecule is CN[C@H](CC(C)C)C(=O)N[C@H]1C(=O)N[C@@H](CC(N)=O)C(=O)N[C@H]2C(=O)N[C@H]3C(=O)N[C@H](C(=O)N[C@H](C(=O)O)c4cc(O)cc(O)c4-c4cc3ccc4O)[C@H](O)c3ccc(c(Cl)c3)Oc3cc2cc(c3OC2OC(CO)C(O)C(O)C2OC2CC(C)(NC)C(O)C(C)O2)Oc2ccc(cc2Cl)[C@H]1O. The summed E-state index contributed by atoms with van der Waals surface area (Å²) < 4.78 is 38.6. The van der Waals surface area contributed by atoms with Crippen LogP contribution in [0.5, 0.6) is 46.0 Å². The van der Waals surface area contributed by atoms with Gasteiger partial charge in [0.05, 0.1) is 41.3 Å². The topological polar surface area (TPSA) is 517 Å². The molecule has 5 aromatic carbocycles. The van der Waals surface area contributed by atoms with Crippen LogP contribution >= 0.6 is 23.2 Å². The second-order valence-electron chi connectivity index (χ2n) is 25.9. The summed E-state index contributed by atoms with van der Waals surface area (Å²) in [4.78, 5) is 117. The fourth-order valence-corrected chi connectivity index (χ4v) is 13.2. The molecule has 0 saturated carbocycles. The summed E-state index contributed by atoms with van der Waals surface area (Å²) in [7, 11) is 3.05. The molecule has 0 radical (unpaired) electrons. The van der Waals surface area contributed by atoms with Gasteiger partial charge in [0.15, 0.2) is 29.9 Å². The van der Waals surface area contributed by atoms with Gasteiger partial charge in [-0.1, -0.05) is 55.2 Å². The van der Waals surface area contributed by atoms with Crippen molar-refractivity contribution < 1.29 is 118 Å². The molecule has 18 atom stereocenters. The summed E-state index contributed by atoms with van der Waals surface area (Å²) >= 11 is 14.1. The number of aliphatic hydroxyl groups excluding tert-OH is 6. The maximum Gasteiger partial charge on any atom is 0.330 e. The molecule has 7 heterocycles. The highest BCUT2D eigenvalue weighted by Gasteiger charge is 2.52. The molecule has 9 unspecified atom stereocenters. The second kappa shape index (κ2) is 30.8. The van der Waals surface area contributed by atoms with E-state index in [9.17, 15) is 75.0 Å². The van der Waals surface area contributed by atoms with Crippen LogP contribution in [-0.4, -0.2) is 198 Å². The average Bonchev–Trinajstić information content (AvgIpc) is 0.768. The molecule has 20 N–H and O–H groups in total. The minimum atomic E-state index is -2.34. The molecule has 2 saturated heterocycles. The molecule has 0 aromatic heterocycles. The van der Waals surface area contributed by atoms with Gasteiger partial charge in [-0.25, -0.2) is 4.79 Å². The van der Waals surface area contributed by atoms with Crippen LogP contribution in [0.3, 0.4) is 0 Å². The predicted molar refractivity (Wildman–Crippen MR) is 354 cm³/mol. The van der Waals surface area contributed by atoms with E-state index in [-0.39, 0.29) is 52.0 Å². The van der Waals surface area contributed by atoms with Gasteiger partial charge in [0.1, 0.15) is 89.5 Å². The fourth-order valence-electron chi connectivity index (χ4n) is 12.7. The van der Waals surface area contributed by atoms with Crippen molar-refractivity contribution >= 4 is 70.5 Å². The Bertz CT molecular complexity index is 4100. The van der Waals surface area contributed by atoms with Gasteiger partial charge in [-0.3, -0.25) is 33.6 Å². The number of hydrogen-bond acceptors (Lipinski definition) is 25. The van der Waals surface area contributed by atoms with E-state index in [2.05, 4.69) is 42.5 Å². The number of rotatable bonds is 14. The number of carbonyl (C=O) groups excluding carboxylic acids is 7. The summed E-state index contributed by atoms with van der Waals surface area (Å²) in [6.07, 6.45) is -18.0. The number of hydrogen-bond donors (Lipinski definition) is 19. The van der Waals surface area contributed by atoms with Crippen molar-refractivity contribution in [3.63, 3.8) is 0 Å². The number of aliphatic hydroxyl groups is 6. The fraction of sp³-hybridized carbons (Fsp3) is 0.433. The average molecular weight is 1460 g/mol. The third kappa shape index (κ3) is 15.7. The molecule has 33 nitrogen and oxygen atoms in total. The van der Waals surface area contributed by atoms with E-state index >= 15 is 14.4 Å². The van der Waals surface area contributed by atoms with E-state index in [4.69, 9.17) is 57.4 Å². The molecule has 7 amide bonds. The highest BCUT2D eigenvalue weighted by molar-refractivity contribution is 6.32. The number of halogens is 2. The lowest BCUT2D eigenvalue weighted by atomic mass is 9.85. The number of phenols is 3. The van der Waals surface area contributed by atoms with Crippen molar-refractivity contribution in [1.82, 2.24) is 42.5 Å². The summed E-state index contributed by atoms with van der Waals surface area (Å²) in [5.41, 5.74) is 1.84. The summed E-state index contributed by atoms with van der Waals surface area (Å²) in [6.45, 7) is 5.90. The largest absolute Gasteiger partial charge is 0.508 e. The van der Waals surface area contributed by atoms with Crippen LogP contribution < -0.4 is 62.5 Å². The molecular formula is C67H77Cl2N9O24. The Morgan fingerprint density at radius 1 is 0.706 bits per heavy atom. The van der Waals surface area contributed by atoms with E-state index < -0.39 is 231 Å². The van der Waals surface area contributed by atoms with Crippen LogP contribution in [-0.2, 0) is 52.6 Å². The van der Waals surface area contributed by atoms with Crippen molar-refractivity contribution in [2.24, 2.45) is 11.7 Å². The van der Waals surface area contributed by atoms with Crippen LogP contribution in [0.25, 0.3) is 11.1 Å². The zero-order chi connectivity index (χ0) is 74.2.